The van der Waals surface area contributed by atoms with Crippen molar-refractivity contribution in [3.8, 4) is 17.4 Å². The molecule has 0 aliphatic rings. The monoisotopic (exact) mass is 343 g/mol. The second-order valence-corrected chi connectivity index (χ2v) is 5.87. The maximum absolute atomic E-state index is 11.3. The molecule has 0 spiro atoms. The first-order valence-corrected chi connectivity index (χ1v) is 8.43. The van der Waals surface area contributed by atoms with Gasteiger partial charge in [0.25, 0.3) is 5.91 Å². The van der Waals surface area contributed by atoms with Gasteiger partial charge in [0.2, 0.25) is 5.88 Å². The fraction of sp³-hybridized carbons (Fsp3) is 0.235. The fourth-order valence-corrected chi connectivity index (χ4v) is 2.84. The van der Waals surface area contributed by atoms with Gasteiger partial charge in [-0.15, -0.1) is 11.3 Å². The van der Waals surface area contributed by atoms with Gasteiger partial charge in [-0.1, -0.05) is 13.0 Å². The average Bonchev–Trinajstić information content (AvgIpc) is 3.08. The third-order valence-corrected chi connectivity index (χ3v) is 4.13. The second kappa shape index (κ2) is 7.27. The number of amides is 1. The predicted molar refractivity (Wildman–Crippen MR) is 92.9 cm³/mol. The minimum Gasteiger partial charge on any atom is -0.484 e. The van der Waals surface area contributed by atoms with Crippen LogP contribution in [0.15, 0.2) is 35.7 Å². The van der Waals surface area contributed by atoms with Crippen LogP contribution in [0.25, 0.3) is 10.2 Å². The van der Waals surface area contributed by atoms with Crippen LogP contribution < -0.4 is 14.8 Å². The first-order valence-electron chi connectivity index (χ1n) is 7.55. The normalized spacial score (nSPS) is 10.6. The molecule has 6 nitrogen and oxygen atoms in total. The van der Waals surface area contributed by atoms with E-state index in [1.54, 1.807) is 36.6 Å². The molecule has 0 saturated heterocycles. The molecular formula is C17H17N3O3S. The molecule has 3 rings (SSSR count). The number of likely N-dealkylation sites (N-methyl/N-ethyl adjacent to an activating group) is 1. The molecule has 3 aromatic rings. The summed E-state index contributed by atoms with van der Waals surface area (Å²) in [4.78, 5) is 21.1. The summed E-state index contributed by atoms with van der Waals surface area (Å²) in [7, 11) is 1.57. The Balaban J connectivity index is 1.83. The molecular weight excluding hydrogens is 326 g/mol. The number of rotatable bonds is 6. The van der Waals surface area contributed by atoms with E-state index in [0.717, 1.165) is 22.5 Å². The molecule has 1 N–H and O–H groups in total. The highest BCUT2D eigenvalue weighted by Crippen LogP contribution is 2.31. The number of aromatic nitrogens is 2. The van der Waals surface area contributed by atoms with E-state index in [1.165, 1.54) is 0 Å². The van der Waals surface area contributed by atoms with Crippen LogP contribution in [0.2, 0.25) is 0 Å². The summed E-state index contributed by atoms with van der Waals surface area (Å²) in [5, 5.41) is 5.36. The van der Waals surface area contributed by atoms with Crippen LogP contribution >= 0.6 is 11.3 Å². The number of carbonyl (C=O) groups excluding carboxylic acids is 1. The molecule has 0 radical (unpaired) electrons. The minimum atomic E-state index is -0.190. The van der Waals surface area contributed by atoms with Crippen molar-refractivity contribution in [3.05, 3.63) is 41.5 Å². The molecule has 0 saturated carbocycles. The molecule has 0 aliphatic carbocycles. The van der Waals surface area contributed by atoms with Gasteiger partial charge in [-0.2, -0.15) is 4.98 Å². The average molecular weight is 343 g/mol. The molecule has 1 aromatic carbocycles. The van der Waals surface area contributed by atoms with Gasteiger partial charge in [-0.3, -0.25) is 4.79 Å². The fourth-order valence-electron chi connectivity index (χ4n) is 2.07. The lowest BCUT2D eigenvalue weighted by Gasteiger charge is -2.09. The van der Waals surface area contributed by atoms with Crippen molar-refractivity contribution in [2.24, 2.45) is 0 Å². The molecule has 0 atom stereocenters. The topological polar surface area (TPSA) is 73.3 Å². The van der Waals surface area contributed by atoms with Gasteiger partial charge in [-0.25, -0.2) is 4.98 Å². The lowest BCUT2D eigenvalue weighted by atomic mass is 10.3. The summed E-state index contributed by atoms with van der Waals surface area (Å²) in [6.45, 7) is 1.97. The number of thiophene rings is 1. The Morgan fingerprint density at radius 1 is 1.25 bits per heavy atom. The number of benzene rings is 1. The number of ether oxygens (including phenoxy) is 2. The molecule has 0 bridgehead atoms. The zero-order chi connectivity index (χ0) is 16.9. The van der Waals surface area contributed by atoms with Crippen LogP contribution in [0.4, 0.5) is 0 Å². The Hall–Kier alpha value is -2.67. The van der Waals surface area contributed by atoms with Gasteiger partial charge in [0.1, 0.15) is 22.2 Å². The molecule has 24 heavy (non-hydrogen) atoms. The Morgan fingerprint density at radius 2 is 2.08 bits per heavy atom. The van der Waals surface area contributed by atoms with Crippen molar-refractivity contribution in [1.29, 1.82) is 0 Å². The summed E-state index contributed by atoms with van der Waals surface area (Å²) in [5.41, 5.74) is 0. The summed E-state index contributed by atoms with van der Waals surface area (Å²) in [5.74, 6) is 2.23. The van der Waals surface area contributed by atoms with E-state index in [1.807, 2.05) is 24.4 Å². The van der Waals surface area contributed by atoms with Crippen LogP contribution in [-0.2, 0) is 11.2 Å². The minimum absolute atomic E-state index is 0.0395. The maximum Gasteiger partial charge on any atom is 0.257 e. The van der Waals surface area contributed by atoms with E-state index in [-0.39, 0.29) is 12.5 Å². The van der Waals surface area contributed by atoms with E-state index in [0.29, 0.717) is 17.4 Å². The van der Waals surface area contributed by atoms with Gasteiger partial charge in [0, 0.05) is 19.5 Å². The van der Waals surface area contributed by atoms with Crippen molar-refractivity contribution in [2.75, 3.05) is 13.7 Å². The van der Waals surface area contributed by atoms with E-state index in [9.17, 15) is 4.79 Å². The quantitative estimate of drug-likeness (QED) is 0.744. The highest BCUT2D eigenvalue weighted by atomic mass is 32.1. The number of fused-ring (bicyclic) bond motifs is 1. The highest BCUT2D eigenvalue weighted by Gasteiger charge is 2.11. The second-order valence-electron chi connectivity index (χ2n) is 4.98. The van der Waals surface area contributed by atoms with E-state index >= 15 is 0 Å². The molecule has 7 heteroatoms. The smallest absolute Gasteiger partial charge is 0.257 e. The van der Waals surface area contributed by atoms with Crippen LogP contribution in [0.3, 0.4) is 0 Å². The van der Waals surface area contributed by atoms with Gasteiger partial charge in [0.05, 0.1) is 5.39 Å². The standard InChI is InChI=1S/C17H17N3O3S/c1-3-14-19-16(13-7-8-24-17(13)20-14)23-12-6-4-5-11(9-12)22-10-15(21)18-2/h4-9H,3,10H2,1-2H3,(H,18,21). The number of aryl methyl sites for hydroxylation is 1. The first kappa shape index (κ1) is 16.2. The Morgan fingerprint density at radius 3 is 2.88 bits per heavy atom. The van der Waals surface area contributed by atoms with Gasteiger partial charge < -0.3 is 14.8 Å². The molecule has 0 aliphatic heterocycles. The summed E-state index contributed by atoms with van der Waals surface area (Å²) < 4.78 is 11.4. The summed E-state index contributed by atoms with van der Waals surface area (Å²) in [6, 6.07) is 9.07. The Kier molecular flexibility index (Phi) is 4.90. The largest absolute Gasteiger partial charge is 0.484 e. The first-order chi connectivity index (χ1) is 11.7. The van der Waals surface area contributed by atoms with Gasteiger partial charge >= 0.3 is 0 Å². The molecule has 1 amide bonds. The number of carbonyl (C=O) groups is 1. The number of hydrogen-bond acceptors (Lipinski definition) is 6. The van der Waals surface area contributed by atoms with Crippen LogP contribution in [-0.4, -0.2) is 29.5 Å². The molecule has 0 unspecified atom stereocenters. The lowest BCUT2D eigenvalue weighted by molar-refractivity contribution is -0.122. The third kappa shape index (κ3) is 3.62. The molecule has 2 aromatic heterocycles. The third-order valence-electron chi connectivity index (χ3n) is 3.32. The Bertz CT molecular complexity index is 863. The maximum atomic E-state index is 11.3. The SMILES string of the molecule is CCc1nc(Oc2cccc(OCC(=O)NC)c2)c2ccsc2n1. The highest BCUT2D eigenvalue weighted by molar-refractivity contribution is 7.16. The predicted octanol–water partition coefficient (Wildman–Crippen LogP) is 3.17. The van der Waals surface area contributed by atoms with E-state index in [2.05, 4.69) is 15.3 Å². The molecule has 124 valence electrons. The van der Waals surface area contributed by atoms with Crippen LogP contribution in [0.5, 0.6) is 17.4 Å². The van der Waals surface area contributed by atoms with Crippen molar-refractivity contribution in [1.82, 2.24) is 15.3 Å². The van der Waals surface area contributed by atoms with Gasteiger partial charge in [-0.05, 0) is 23.6 Å². The zero-order valence-electron chi connectivity index (χ0n) is 13.4. The summed E-state index contributed by atoms with van der Waals surface area (Å²) in [6.07, 6.45) is 0.736. The van der Waals surface area contributed by atoms with Crippen molar-refractivity contribution in [2.45, 2.75) is 13.3 Å². The van der Waals surface area contributed by atoms with Crippen LogP contribution in [0.1, 0.15) is 12.7 Å². The zero-order valence-corrected chi connectivity index (χ0v) is 14.2. The lowest BCUT2D eigenvalue weighted by Crippen LogP contribution is -2.24. The van der Waals surface area contributed by atoms with Gasteiger partial charge in [0.15, 0.2) is 6.61 Å². The van der Waals surface area contributed by atoms with Crippen LogP contribution in [0, 0.1) is 0 Å². The van der Waals surface area contributed by atoms with Crippen molar-refractivity contribution >= 4 is 27.5 Å². The Labute approximate surface area is 143 Å². The van der Waals surface area contributed by atoms with E-state index < -0.39 is 0 Å². The number of nitrogens with zero attached hydrogens (tertiary/aromatic N) is 2. The summed E-state index contributed by atoms with van der Waals surface area (Å²) >= 11 is 1.56. The number of hydrogen-bond donors (Lipinski definition) is 1. The molecule has 2 heterocycles. The number of nitrogens with one attached hydrogen (secondary N) is 1. The van der Waals surface area contributed by atoms with Crippen molar-refractivity contribution in [3.63, 3.8) is 0 Å². The van der Waals surface area contributed by atoms with E-state index in [4.69, 9.17) is 9.47 Å². The molecule has 0 fully saturated rings. The van der Waals surface area contributed by atoms with Crippen molar-refractivity contribution < 1.29 is 14.3 Å².